The van der Waals surface area contributed by atoms with E-state index in [1.807, 2.05) is 11.8 Å². The molecule has 20 heavy (non-hydrogen) atoms. The number of piperidine rings is 1. The van der Waals surface area contributed by atoms with Crippen LogP contribution in [0.2, 0.25) is 0 Å². The van der Waals surface area contributed by atoms with Crippen LogP contribution in [0.4, 0.5) is 0 Å². The van der Waals surface area contributed by atoms with E-state index in [-0.39, 0.29) is 5.54 Å². The summed E-state index contributed by atoms with van der Waals surface area (Å²) in [6.45, 7) is 7.06. The highest BCUT2D eigenvalue weighted by atomic mass is 32.2. The number of thioether (sulfide) groups is 1. The van der Waals surface area contributed by atoms with Crippen LogP contribution in [0.5, 0.6) is 0 Å². The van der Waals surface area contributed by atoms with E-state index in [0.29, 0.717) is 12.1 Å². The first-order chi connectivity index (χ1) is 9.58. The lowest BCUT2D eigenvalue weighted by molar-refractivity contribution is 0.0750. The Morgan fingerprint density at radius 1 is 1.15 bits per heavy atom. The van der Waals surface area contributed by atoms with Gasteiger partial charge in [-0.2, -0.15) is 0 Å². The molecule has 1 saturated heterocycles. The fourth-order valence-corrected chi connectivity index (χ4v) is 5.32. The minimum atomic E-state index is 0.257. The van der Waals surface area contributed by atoms with Gasteiger partial charge in [0.2, 0.25) is 0 Å². The normalized spacial score (nSPS) is 42.8. The van der Waals surface area contributed by atoms with Crippen LogP contribution in [0.25, 0.3) is 0 Å². The van der Waals surface area contributed by atoms with Crippen molar-refractivity contribution < 1.29 is 0 Å². The number of nitrogens with one attached hydrogen (secondary N) is 1. The van der Waals surface area contributed by atoms with Crippen molar-refractivity contribution >= 4 is 16.9 Å². The summed E-state index contributed by atoms with van der Waals surface area (Å²) in [6, 6.07) is 1.26. The Balaban J connectivity index is 1.66. The van der Waals surface area contributed by atoms with Crippen molar-refractivity contribution in [2.75, 3.05) is 5.75 Å². The molecular formula is C16H29N3S. The summed E-state index contributed by atoms with van der Waals surface area (Å²) in [5.74, 6) is 2.04. The van der Waals surface area contributed by atoms with Crippen LogP contribution in [0.3, 0.4) is 0 Å². The van der Waals surface area contributed by atoms with Crippen molar-refractivity contribution in [3.8, 4) is 0 Å². The molecule has 0 aromatic heterocycles. The molecule has 0 aromatic rings. The van der Waals surface area contributed by atoms with Crippen LogP contribution in [0.1, 0.15) is 65.7 Å². The monoisotopic (exact) mass is 295 g/mol. The van der Waals surface area contributed by atoms with Gasteiger partial charge in [-0.15, -0.1) is 0 Å². The molecule has 0 amide bonds. The lowest BCUT2D eigenvalue weighted by atomic mass is 9.78. The first-order valence-corrected chi connectivity index (χ1v) is 9.34. The Morgan fingerprint density at radius 3 is 2.60 bits per heavy atom. The van der Waals surface area contributed by atoms with E-state index < -0.39 is 0 Å². The first-order valence-electron chi connectivity index (χ1n) is 8.36. The molecule has 4 heteroatoms. The van der Waals surface area contributed by atoms with Gasteiger partial charge in [0.15, 0.2) is 5.17 Å². The number of hydrogen-bond donors (Lipinski definition) is 1. The SMILES string of the molecule is CC1CCCC2(CSC(NN3C(C)CCCC3C)=N2)C1. The van der Waals surface area contributed by atoms with Gasteiger partial charge in [0.1, 0.15) is 0 Å². The zero-order valence-electron chi connectivity index (χ0n) is 13.2. The maximum Gasteiger partial charge on any atom is 0.171 e. The van der Waals surface area contributed by atoms with Gasteiger partial charge in [-0.3, -0.25) is 10.4 Å². The number of rotatable bonds is 1. The van der Waals surface area contributed by atoms with Crippen LogP contribution >= 0.6 is 11.8 Å². The number of aliphatic imine (C=N–C) groups is 1. The summed E-state index contributed by atoms with van der Waals surface area (Å²) in [5, 5.41) is 3.63. The van der Waals surface area contributed by atoms with Gasteiger partial charge in [0.25, 0.3) is 0 Å². The first kappa shape index (κ1) is 14.7. The van der Waals surface area contributed by atoms with Gasteiger partial charge >= 0.3 is 0 Å². The van der Waals surface area contributed by atoms with Crippen molar-refractivity contribution in [2.45, 2.75) is 83.3 Å². The molecule has 3 rings (SSSR count). The molecule has 2 heterocycles. The molecule has 2 fully saturated rings. The molecule has 1 N–H and O–H groups in total. The zero-order valence-corrected chi connectivity index (χ0v) is 14.0. The molecular weight excluding hydrogens is 266 g/mol. The zero-order chi connectivity index (χ0) is 14.2. The third-order valence-corrected chi connectivity index (χ3v) is 6.44. The summed E-state index contributed by atoms with van der Waals surface area (Å²) in [7, 11) is 0. The van der Waals surface area contributed by atoms with Gasteiger partial charge in [0, 0.05) is 17.8 Å². The van der Waals surface area contributed by atoms with E-state index in [9.17, 15) is 0 Å². The van der Waals surface area contributed by atoms with E-state index in [2.05, 4.69) is 31.2 Å². The molecule has 3 nitrogen and oxygen atoms in total. The Hall–Kier alpha value is -0.220. The number of amidine groups is 1. The van der Waals surface area contributed by atoms with Gasteiger partial charge in [-0.25, -0.2) is 5.01 Å². The Kier molecular flexibility index (Phi) is 4.32. The van der Waals surface area contributed by atoms with Crippen LogP contribution < -0.4 is 5.43 Å². The molecule has 4 unspecified atom stereocenters. The summed E-state index contributed by atoms with van der Waals surface area (Å²) in [4.78, 5) is 5.12. The smallest absolute Gasteiger partial charge is 0.171 e. The van der Waals surface area contributed by atoms with E-state index in [4.69, 9.17) is 4.99 Å². The lowest BCUT2D eigenvalue weighted by Gasteiger charge is -2.39. The Bertz CT molecular complexity index is 374. The predicted octanol–water partition coefficient (Wildman–Crippen LogP) is 3.81. The fourth-order valence-electron chi connectivity index (χ4n) is 4.16. The fraction of sp³-hybridized carbons (Fsp3) is 0.938. The number of hydrazine groups is 1. The van der Waals surface area contributed by atoms with E-state index in [1.165, 1.54) is 55.9 Å². The third kappa shape index (κ3) is 3.01. The maximum absolute atomic E-state index is 5.12. The third-order valence-electron chi connectivity index (χ3n) is 5.30. The van der Waals surface area contributed by atoms with Crippen molar-refractivity contribution in [3.05, 3.63) is 0 Å². The average molecular weight is 295 g/mol. The summed E-state index contributed by atoms with van der Waals surface area (Å²) < 4.78 is 0. The molecule has 2 aliphatic heterocycles. The molecule has 3 aliphatic rings. The number of hydrogen-bond acceptors (Lipinski definition) is 4. The van der Waals surface area contributed by atoms with Gasteiger partial charge in [-0.05, 0) is 45.4 Å². The van der Waals surface area contributed by atoms with E-state index in [0.717, 1.165) is 5.92 Å². The molecule has 1 saturated carbocycles. The van der Waals surface area contributed by atoms with Gasteiger partial charge < -0.3 is 0 Å². The second-order valence-electron chi connectivity index (χ2n) is 7.28. The van der Waals surface area contributed by atoms with Crippen molar-refractivity contribution in [1.82, 2.24) is 10.4 Å². The van der Waals surface area contributed by atoms with Crippen LogP contribution in [-0.4, -0.2) is 33.6 Å². The highest BCUT2D eigenvalue weighted by Crippen LogP contribution is 2.41. The minimum absolute atomic E-state index is 0.257. The van der Waals surface area contributed by atoms with E-state index in [1.54, 1.807) is 0 Å². The molecule has 0 radical (unpaired) electrons. The summed E-state index contributed by atoms with van der Waals surface area (Å²) in [6.07, 6.45) is 9.30. The second-order valence-corrected chi connectivity index (χ2v) is 8.24. The standard InChI is InChI=1S/C16H29N3S/c1-12-6-5-9-16(10-12)11-20-15(17-16)18-19-13(2)7-4-8-14(19)3/h12-14H,4-11H2,1-3H3,(H,17,18). The molecule has 0 aromatic carbocycles. The Morgan fingerprint density at radius 2 is 1.90 bits per heavy atom. The summed E-state index contributed by atoms with van der Waals surface area (Å²) >= 11 is 1.94. The van der Waals surface area contributed by atoms with Gasteiger partial charge in [0.05, 0.1) is 5.54 Å². The van der Waals surface area contributed by atoms with Crippen molar-refractivity contribution in [3.63, 3.8) is 0 Å². The molecule has 1 aliphatic carbocycles. The van der Waals surface area contributed by atoms with Crippen molar-refractivity contribution in [2.24, 2.45) is 10.9 Å². The minimum Gasteiger partial charge on any atom is -0.297 e. The number of nitrogens with zero attached hydrogens (tertiary/aromatic N) is 2. The largest absolute Gasteiger partial charge is 0.297 e. The topological polar surface area (TPSA) is 27.6 Å². The molecule has 4 atom stereocenters. The van der Waals surface area contributed by atoms with Crippen LogP contribution in [0.15, 0.2) is 4.99 Å². The Labute approximate surface area is 127 Å². The van der Waals surface area contributed by atoms with Crippen LogP contribution in [-0.2, 0) is 0 Å². The predicted molar refractivity (Wildman–Crippen MR) is 88.0 cm³/mol. The van der Waals surface area contributed by atoms with Crippen LogP contribution in [0, 0.1) is 5.92 Å². The van der Waals surface area contributed by atoms with Gasteiger partial charge in [-0.1, -0.05) is 37.9 Å². The highest BCUT2D eigenvalue weighted by molar-refractivity contribution is 8.14. The molecule has 0 bridgehead atoms. The summed E-state index contributed by atoms with van der Waals surface area (Å²) in [5.41, 5.74) is 3.91. The maximum atomic E-state index is 5.12. The quantitative estimate of drug-likeness (QED) is 0.797. The average Bonchev–Trinajstić information content (AvgIpc) is 2.76. The van der Waals surface area contributed by atoms with E-state index >= 15 is 0 Å². The molecule has 114 valence electrons. The van der Waals surface area contributed by atoms with Crippen molar-refractivity contribution in [1.29, 1.82) is 0 Å². The molecule has 1 spiro atoms. The second kappa shape index (κ2) is 5.88. The lowest BCUT2D eigenvalue weighted by Crippen LogP contribution is -2.53. The highest BCUT2D eigenvalue weighted by Gasteiger charge is 2.40.